The van der Waals surface area contributed by atoms with Crippen molar-refractivity contribution in [3.63, 3.8) is 0 Å². The van der Waals surface area contributed by atoms with Crippen molar-refractivity contribution >= 4 is 15.9 Å². The van der Waals surface area contributed by atoms with Crippen molar-refractivity contribution in [2.75, 3.05) is 0 Å². The van der Waals surface area contributed by atoms with Crippen LogP contribution in [0.4, 0.5) is 0 Å². The number of hydrogen-bond acceptors (Lipinski definition) is 2. The predicted octanol–water partition coefficient (Wildman–Crippen LogP) is 1.44. The van der Waals surface area contributed by atoms with Gasteiger partial charge in [-0.1, -0.05) is 15.9 Å². The molecular weight excluding hydrogens is 192 g/mol. The van der Waals surface area contributed by atoms with Gasteiger partial charge in [0, 0.05) is 18.1 Å². The van der Waals surface area contributed by atoms with Gasteiger partial charge in [0.25, 0.3) is 0 Å². The van der Waals surface area contributed by atoms with Crippen LogP contribution in [0.15, 0.2) is 18.3 Å². The van der Waals surface area contributed by atoms with E-state index in [0.29, 0.717) is 6.54 Å². The maximum atomic E-state index is 5.40. The van der Waals surface area contributed by atoms with Gasteiger partial charge in [-0.15, -0.1) is 0 Å². The second-order valence-electron chi connectivity index (χ2n) is 1.99. The van der Waals surface area contributed by atoms with Crippen LogP contribution >= 0.6 is 15.9 Å². The minimum Gasteiger partial charge on any atom is -0.325 e. The van der Waals surface area contributed by atoms with E-state index in [2.05, 4.69) is 20.9 Å². The first-order chi connectivity index (χ1) is 4.86. The summed E-state index contributed by atoms with van der Waals surface area (Å²) in [6, 6.07) is 3.96. The van der Waals surface area contributed by atoms with Crippen LogP contribution in [0.1, 0.15) is 11.3 Å². The summed E-state index contributed by atoms with van der Waals surface area (Å²) in [7, 11) is 0. The Bertz CT molecular complexity index is 193. The van der Waals surface area contributed by atoms with E-state index in [4.69, 9.17) is 5.73 Å². The van der Waals surface area contributed by atoms with Crippen LogP contribution in [-0.4, -0.2) is 4.98 Å². The molecule has 0 atom stereocenters. The van der Waals surface area contributed by atoms with Gasteiger partial charge in [-0.25, -0.2) is 0 Å². The standard InChI is InChI=1S/C7H9BrN2/c8-4-6-1-2-10-7(3-6)5-9/h1-3H,4-5,9H2. The topological polar surface area (TPSA) is 38.9 Å². The lowest BCUT2D eigenvalue weighted by atomic mass is 10.2. The molecule has 1 aromatic heterocycles. The Morgan fingerprint density at radius 3 is 3.00 bits per heavy atom. The molecule has 0 aliphatic carbocycles. The van der Waals surface area contributed by atoms with Gasteiger partial charge in [0.1, 0.15) is 0 Å². The van der Waals surface area contributed by atoms with E-state index in [-0.39, 0.29) is 0 Å². The lowest BCUT2D eigenvalue weighted by molar-refractivity contribution is 0.983. The molecule has 1 aromatic rings. The third kappa shape index (κ3) is 1.78. The Morgan fingerprint density at radius 2 is 2.40 bits per heavy atom. The number of nitrogens with zero attached hydrogens (tertiary/aromatic N) is 1. The zero-order valence-electron chi connectivity index (χ0n) is 5.55. The van der Waals surface area contributed by atoms with Gasteiger partial charge in [0.05, 0.1) is 5.69 Å². The molecule has 3 heteroatoms. The van der Waals surface area contributed by atoms with Crippen molar-refractivity contribution in [2.24, 2.45) is 5.73 Å². The third-order valence-corrected chi connectivity index (χ3v) is 1.89. The minimum absolute atomic E-state index is 0.515. The van der Waals surface area contributed by atoms with Gasteiger partial charge in [0.15, 0.2) is 0 Å². The Labute approximate surface area is 68.6 Å². The molecule has 0 fully saturated rings. The fourth-order valence-electron chi connectivity index (χ4n) is 0.723. The maximum Gasteiger partial charge on any atom is 0.0542 e. The molecule has 0 aliphatic heterocycles. The zero-order chi connectivity index (χ0) is 7.40. The number of hydrogen-bond donors (Lipinski definition) is 1. The molecule has 1 rings (SSSR count). The molecule has 0 amide bonds. The fraction of sp³-hybridized carbons (Fsp3) is 0.286. The van der Waals surface area contributed by atoms with Crippen molar-refractivity contribution in [3.8, 4) is 0 Å². The molecule has 0 spiro atoms. The normalized spacial score (nSPS) is 9.80. The average Bonchev–Trinajstić information content (AvgIpc) is 2.05. The lowest BCUT2D eigenvalue weighted by Crippen LogP contribution is -1.99. The van der Waals surface area contributed by atoms with Crippen LogP contribution in [-0.2, 0) is 11.9 Å². The van der Waals surface area contributed by atoms with Crippen LogP contribution in [0.3, 0.4) is 0 Å². The second-order valence-corrected chi connectivity index (χ2v) is 2.55. The van der Waals surface area contributed by atoms with E-state index in [0.717, 1.165) is 11.0 Å². The summed E-state index contributed by atoms with van der Waals surface area (Å²) < 4.78 is 0. The van der Waals surface area contributed by atoms with E-state index in [1.807, 2.05) is 12.1 Å². The van der Waals surface area contributed by atoms with Gasteiger partial charge in [-0.3, -0.25) is 4.98 Å². The molecular formula is C7H9BrN2. The van der Waals surface area contributed by atoms with Crippen molar-refractivity contribution < 1.29 is 0 Å². The molecule has 0 unspecified atom stereocenters. The van der Waals surface area contributed by atoms with Gasteiger partial charge >= 0.3 is 0 Å². The summed E-state index contributed by atoms with van der Waals surface area (Å²) in [6.07, 6.45) is 1.78. The van der Waals surface area contributed by atoms with Gasteiger partial charge in [-0.05, 0) is 17.7 Å². The van der Waals surface area contributed by atoms with Gasteiger partial charge in [-0.2, -0.15) is 0 Å². The first kappa shape index (κ1) is 7.69. The summed E-state index contributed by atoms with van der Waals surface area (Å²) in [4.78, 5) is 4.06. The van der Waals surface area contributed by atoms with Crippen LogP contribution < -0.4 is 5.73 Å². The molecule has 2 N–H and O–H groups in total. The van der Waals surface area contributed by atoms with Crippen molar-refractivity contribution in [2.45, 2.75) is 11.9 Å². The minimum atomic E-state index is 0.515. The molecule has 0 aliphatic rings. The smallest absolute Gasteiger partial charge is 0.0542 e. The van der Waals surface area contributed by atoms with E-state index >= 15 is 0 Å². The molecule has 2 nitrogen and oxygen atoms in total. The van der Waals surface area contributed by atoms with E-state index < -0.39 is 0 Å². The molecule has 0 bridgehead atoms. The summed E-state index contributed by atoms with van der Waals surface area (Å²) in [5.74, 6) is 0. The molecule has 0 saturated carbocycles. The third-order valence-electron chi connectivity index (χ3n) is 1.24. The highest BCUT2D eigenvalue weighted by atomic mass is 79.9. The number of pyridine rings is 1. The van der Waals surface area contributed by atoms with Gasteiger partial charge in [0.2, 0.25) is 0 Å². The van der Waals surface area contributed by atoms with Crippen molar-refractivity contribution in [3.05, 3.63) is 29.6 Å². The number of aromatic nitrogens is 1. The Hall–Kier alpha value is -0.410. The molecule has 0 radical (unpaired) electrons. The molecule has 0 saturated heterocycles. The number of halogens is 1. The number of rotatable bonds is 2. The fourth-order valence-corrected chi connectivity index (χ4v) is 1.07. The van der Waals surface area contributed by atoms with Crippen LogP contribution in [0.2, 0.25) is 0 Å². The van der Waals surface area contributed by atoms with Crippen molar-refractivity contribution in [1.29, 1.82) is 0 Å². The molecule has 54 valence electrons. The van der Waals surface area contributed by atoms with Gasteiger partial charge < -0.3 is 5.73 Å². The lowest BCUT2D eigenvalue weighted by Gasteiger charge is -1.96. The maximum absolute atomic E-state index is 5.40. The highest BCUT2D eigenvalue weighted by molar-refractivity contribution is 9.08. The first-order valence-electron chi connectivity index (χ1n) is 3.06. The summed E-state index contributed by atoms with van der Waals surface area (Å²) in [6.45, 7) is 0.515. The Kier molecular flexibility index (Phi) is 2.83. The Morgan fingerprint density at radius 1 is 1.60 bits per heavy atom. The van der Waals surface area contributed by atoms with Crippen LogP contribution in [0.5, 0.6) is 0 Å². The number of nitrogens with two attached hydrogens (primary N) is 1. The molecule has 1 heterocycles. The summed E-state index contributed by atoms with van der Waals surface area (Å²) in [5, 5.41) is 0.864. The van der Waals surface area contributed by atoms with E-state index in [1.54, 1.807) is 6.20 Å². The Balaban J connectivity index is 2.87. The molecule has 10 heavy (non-hydrogen) atoms. The average molecular weight is 201 g/mol. The zero-order valence-corrected chi connectivity index (χ0v) is 7.13. The summed E-state index contributed by atoms with van der Waals surface area (Å²) in [5.41, 5.74) is 7.56. The first-order valence-corrected chi connectivity index (χ1v) is 4.19. The highest BCUT2D eigenvalue weighted by Gasteiger charge is 1.91. The van der Waals surface area contributed by atoms with Crippen molar-refractivity contribution in [1.82, 2.24) is 4.98 Å². The quantitative estimate of drug-likeness (QED) is 0.735. The van der Waals surface area contributed by atoms with Crippen LogP contribution in [0, 0.1) is 0 Å². The summed E-state index contributed by atoms with van der Waals surface area (Å²) >= 11 is 3.35. The van der Waals surface area contributed by atoms with E-state index in [9.17, 15) is 0 Å². The number of alkyl halides is 1. The highest BCUT2D eigenvalue weighted by Crippen LogP contribution is 2.05. The molecule has 0 aromatic carbocycles. The second kappa shape index (κ2) is 3.68. The largest absolute Gasteiger partial charge is 0.325 e. The van der Waals surface area contributed by atoms with E-state index in [1.165, 1.54) is 5.56 Å². The monoisotopic (exact) mass is 200 g/mol. The predicted molar refractivity (Wildman–Crippen MR) is 44.8 cm³/mol. The van der Waals surface area contributed by atoms with Crippen LogP contribution in [0.25, 0.3) is 0 Å². The SMILES string of the molecule is NCc1cc(CBr)ccn1.